The summed E-state index contributed by atoms with van der Waals surface area (Å²) in [5, 5.41) is 5.45. The van der Waals surface area contributed by atoms with Crippen molar-refractivity contribution >= 4 is 60.8 Å². The summed E-state index contributed by atoms with van der Waals surface area (Å²) < 4.78 is 15.2. The summed E-state index contributed by atoms with van der Waals surface area (Å²) in [4.78, 5) is 15.4. The van der Waals surface area contributed by atoms with Gasteiger partial charge in [-0.15, -0.1) is 0 Å². The molecule has 0 saturated carbocycles. The molecule has 6 nitrogen and oxygen atoms in total. The summed E-state index contributed by atoms with van der Waals surface area (Å²) >= 11 is 0. The molecule has 0 spiro atoms. The Morgan fingerprint density at radius 1 is 0.549 bits per heavy atom. The number of nitrogens with zero attached hydrogens (tertiary/aromatic N) is 4. The molecule has 0 amide bonds. The van der Waals surface area contributed by atoms with Crippen molar-refractivity contribution in [2.45, 2.75) is 12.8 Å². The lowest BCUT2D eigenvalue weighted by molar-refractivity contribution is 0.595. The van der Waals surface area contributed by atoms with E-state index in [9.17, 15) is 0 Å². The minimum atomic E-state index is 0.525. The molecule has 0 saturated heterocycles. The summed E-state index contributed by atoms with van der Waals surface area (Å²) in [7, 11) is 0. The average Bonchev–Trinajstić information content (AvgIpc) is 3.88. The van der Waals surface area contributed by atoms with Crippen molar-refractivity contribution in [3.63, 3.8) is 0 Å². The van der Waals surface area contributed by atoms with E-state index in [1.165, 1.54) is 10.9 Å². The van der Waals surface area contributed by atoms with Crippen LogP contribution in [0.1, 0.15) is 17.7 Å². The van der Waals surface area contributed by atoms with E-state index >= 15 is 0 Å². The maximum Gasteiger partial charge on any atom is 0.238 e. The zero-order chi connectivity index (χ0) is 33.5. The molecule has 6 heteroatoms. The highest BCUT2D eigenvalue weighted by atomic mass is 16.3. The fourth-order valence-corrected chi connectivity index (χ4v) is 7.82. The largest absolute Gasteiger partial charge is 0.456 e. The van der Waals surface area contributed by atoms with Gasteiger partial charge in [-0.25, -0.2) is 4.98 Å². The molecule has 240 valence electrons. The van der Waals surface area contributed by atoms with Crippen molar-refractivity contribution in [1.82, 2.24) is 19.5 Å². The normalized spacial score (nSPS) is 12.9. The van der Waals surface area contributed by atoms with Crippen LogP contribution in [0.25, 0.3) is 101 Å². The number of fused-ring (bicyclic) bond motifs is 10. The molecule has 0 N–H and O–H groups in total. The summed E-state index contributed by atoms with van der Waals surface area (Å²) in [5.74, 6) is 2.69. The van der Waals surface area contributed by atoms with Gasteiger partial charge in [-0.3, -0.25) is 4.57 Å². The highest BCUT2D eigenvalue weighted by molar-refractivity contribution is 6.21. The third-order valence-corrected chi connectivity index (χ3v) is 10.1. The van der Waals surface area contributed by atoms with Crippen molar-refractivity contribution < 1.29 is 8.83 Å². The van der Waals surface area contributed by atoms with E-state index in [4.69, 9.17) is 23.8 Å². The molecule has 0 atom stereocenters. The molecule has 4 heterocycles. The van der Waals surface area contributed by atoms with Gasteiger partial charge in [-0.2, -0.15) is 9.97 Å². The molecule has 0 aliphatic heterocycles. The zero-order valence-electron chi connectivity index (χ0n) is 27.4. The Balaban J connectivity index is 1.27. The molecule has 0 unspecified atom stereocenters. The fourth-order valence-electron chi connectivity index (χ4n) is 7.82. The molecule has 1 aliphatic rings. The van der Waals surface area contributed by atoms with E-state index in [0.717, 1.165) is 90.2 Å². The smallest absolute Gasteiger partial charge is 0.238 e. The minimum absolute atomic E-state index is 0.525. The number of furan rings is 2. The second kappa shape index (κ2) is 10.9. The number of aryl methyl sites for hydroxylation is 1. The maximum atomic E-state index is 6.70. The van der Waals surface area contributed by atoms with Gasteiger partial charge in [-0.1, -0.05) is 115 Å². The van der Waals surface area contributed by atoms with E-state index in [1.807, 2.05) is 72.8 Å². The Morgan fingerprint density at radius 3 is 2.06 bits per heavy atom. The van der Waals surface area contributed by atoms with Crippen LogP contribution in [-0.2, 0) is 6.42 Å². The number of benzene rings is 6. The molecular formula is C45H28N4O2. The molecule has 11 rings (SSSR count). The van der Waals surface area contributed by atoms with Crippen LogP contribution in [0.4, 0.5) is 0 Å². The number of hydrogen-bond donors (Lipinski definition) is 0. The van der Waals surface area contributed by atoms with Gasteiger partial charge >= 0.3 is 0 Å². The van der Waals surface area contributed by atoms with Gasteiger partial charge in [0.05, 0.1) is 5.52 Å². The number of aromatic nitrogens is 4. The molecule has 6 aromatic carbocycles. The van der Waals surface area contributed by atoms with E-state index in [0.29, 0.717) is 17.6 Å². The van der Waals surface area contributed by atoms with Gasteiger partial charge in [0, 0.05) is 43.6 Å². The lowest BCUT2D eigenvalue weighted by Crippen LogP contribution is -2.06. The van der Waals surface area contributed by atoms with E-state index in [1.54, 1.807) is 0 Å². The molecular weight excluding hydrogens is 629 g/mol. The van der Waals surface area contributed by atoms with Crippen LogP contribution in [-0.4, -0.2) is 19.5 Å². The van der Waals surface area contributed by atoms with Crippen LogP contribution in [0.5, 0.6) is 0 Å². The van der Waals surface area contributed by atoms with Crippen molar-refractivity contribution in [3.8, 4) is 39.9 Å². The predicted molar refractivity (Wildman–Crippen MR) is 205 cm³/mol. The summed E-state index contributed by atoms with van der Waals surface area (Å²) in [5.41, 5.74) is 9.79. The third-order valence-electron chi connectivity index (χ3n) is 10.1. The van der Waals surface area contributed by atoms with Crippen molar-refractivity contribution in [3.05, 3.63) is 151 Å². The van der Waals surface area contributed by atoms with Crippen LogP contribution in [0.3, 0.4) is 0 Å². The Hall–Kier alpha value is -6.79. The van der Waals surface area contributed by atoms with Crippen molar-refractivity contribution in [2.75, 3.05) is 0 Å². The highest BCUT2D eigenvalue weighted by Crippen LogP contribution is 2.43. The first-order chi connectivity index (χ1) is 25.3. The fraction of sp³-hybridized carbons (Fsp3) is 0.0444. The predicted octanol–water partition coefficient (Wildman–Crippen LogP) is 11.6. The lowest BCUT2D eigenvalue weighted by Gasteiger charge is -2.12. The van der Waals surface area contributed by atoms with Gasteiger partial charge < -0.3 is 8.83 Å². The molecule has 0 radical (unpaired) electrons. The number of para-hydroxylation sites is 1. The second-order valence-electron chi connectivity index (χ2n) is 13.1. The van der Waals surface area contributed by atoms with Gasteiger partial charge in [0.1, 0.15) is 22.4 Å². The summed E-state index contributed by atoms with van der Waals surface area (Å²) in [6.07, 6.45) is 6.26. The zero-order valence-corrected chi connectivity index (χ0v) is 27.4. The van der Waals surface area contributed by atoms with Crippen molar-refractivity contribution in [1.29, 1.82) is 0 Å². The topological polar surface area (TPSA) is 69.9 Å². The quantitative estimate of drug-likeness (QED) is 0.189. The Kier molecular flexibility index (Phi) is 5.98. The van der Waals surface area contributed by atoms with Crippen LogP contribution in [0, 0.1) is 0 Å². The van der Waals surface area contributed by atoms with E-state index in [2.05, 4.69) is 77.4 Å². The van der Waals surface area contributed by atoms with Crippen molar-refractivity contribution in [2.24, 2.45) is 0 Å². The second-order valence-corrected chi connectivity index (χ2v) is 13.1. The first-order valence-corrected chi connectivity index (χ1v) is 17.3. The molecule has 51 heavy (non-hydrogen) atoms. The standard InChI is InChI=1S/C45H28N4O2/c1-3-12-27(13-4-1)43-46-44(28-14-5-2-6-15-28)48-45(47-43)49-36-26-29(30-18-11-21-39-40(30)35-17-8-10-20-38(35)50-39)22-23-31(36)33-24-25-34-32-16-7-9-19-37(32)51-42(34)41(33)49/h1-7,9-16,18-26H,8,17H2. The minimum Gasteiger partial charge on any atom is -0.456 e. The lowest BCUT2D eigenvalue weighted by atomic mass is 9.94. The van der Waals surface area contributed by atoms with Crippen LogP contribution in [0.15, 0.2) is 148 Å². The molecule has 0 bridgehead atoms. The van der Waals surface area contributed by atoms with Gasteiger partial charge in [-0.05, 0) is 54.3 Å². The first-order valence-electron chi connectivity index (χ1n) is 17.3. The summed E-state index contributed by atoms with van der Waals surface area (Å²) in [6, 6.07) is 45.9. The molecule has 10 aromatic rings. The van der Waals surface area contributed by atoms with Gasteiger partial charge in [0.2, 0.25) is 5.95 Å². The number of hydrogen-bond acceptors (Lipinski definition) is 5. The molecule has 1 aliphatic carbocycles. The highest BCUT2D eigenvalue weighted by Gasteiger charge is 2.24. The van der Waals surface area contributed by atoms with Gasteiger partial charge in [0.15, 0.2) is 17.2 Å². The maximum absolute atomic E-state index is 6.70. The molecule has 0 fully saturated rings. The first kappa shape index (κ1) is 28.1. The third kappa shape index (κ3) is 4.26. The number of rotatable bonds is 4. The van der Waals surface area contributed by atoms with E-state index < -0.39 is 0 Å². The van der Waals surface area contributed by atoms with Crippen LogP contribution >= 0.6 is 0 Å². The monoisotopic (exact) mass is 656 g/mol. The number of allylic oxidation sites excluding steroid dienone is 1. The molecule has 4 aromatic heterocycles. The average molecular weight is 657 g/mol. The Morgan fingerprint density at radius 2 is 1.25 bits per heavy atom. The van der Waals surface area contributed by atoms with Crippen LogP contribution in [0.2, 0.25) is 0 Å². The SMILES string of the molecule is C1=Cc2oc3cccc(-c4ccc5c6ccc7c8ccccc8oc7c6n(-c6nc(-c7ccccc7)nc(-c7ccccc7)n6)c5c4)c3c2CC1. The Labute approximate surface area is 291 Å². The summed E-state index contributed by atoms with van der Waals surface area (Å²) in [6.45, 7) is 0. The van der Waals surface area contributed by atoms with Gasteiger partial charge in [0.25, 0.3) is 0 Å². The van der Waals surface area contributed by atoms with Crippen LogP contribution < -0.4 is 0 Å². The van der Waals surface area contributed by atoms with E-state index in [-0.39, 0.29) is 0 Å². The Bertz CT molecular complexity index is 2970.